The number of benzene rings is 2. The minimum atomic E-state index is -0.295. The molecular weight excluding hydrogens is 344 g/mol. The van der Waals surface area contributed by atoms with Crippen LogP contribution >= 0.6 is 0 Å². The molecule has 2 heterocycles. The largest absolute Gasteiger partial charge is 0.380 e. The molecule has 27 heavy (non-hydrogen) atoms. The zero-order valence-corrected chi connectivity index (χ0v) is 14.7. The van der Waals surface area contributed by atoms with Crippen LogP contribution in [0.25, 0.3) is 16.6 Å². The van der Waals surface area contributed by atoms with Crippen LogP contribution in [0.5, 0.6) is 0 Å². The molecule has 2 aromatic carbocycles. The first-order valence-electron chi connectivity index (χ1n) is 8.51. The summed E-state index contributed by atoms with van der Waals surface area (Å²) in [5.74, 6) is -0.295. The Labute approximate surface area is 154 Å². The molecule has 0 fully saturated rings. The molecule has 0 aliphatic heterocycles. The van der Waals surface area contributed by atoms with E-state index in [0.717, 1.165) is 11.1 Å². The van der Waals surface area contributed by atoms with Gasteiger partial charge in [-0.3, -0.25) is 9.59 Å². The average Bonchev–Trinajstić information content (AvgIpc) is 3.12. The van der Waals surface area contributed by atoms with Crippen LogP contribution in [-0.4, -0.2) is 27.6 Å². The van der Waals surface area contributed by atoms with Crippen molar-refractivity contribution < 1.29 is 9.53 Å². The molecule has 0 bridgehead atoms. The molecule has 4 aromatic rings. The highest BCUT2D eigenvalue weighted by Gasteiger charge is 2.15. The summed E-state index contributed by atoms with van der Waals surface area (Å²) < 4.78 is 6.66. The number of rotatable bonds is 5. The highest BCUT2D eigenvalue weighted by molar-refractivity contribution is 6.00. The number of hydrogen-bond donors (Lipinski definition) is 2. The first kappa shape index (κ1) is 17.0. The van der Waals surface area contributed by atoms with Gasteiger partial charge in [-0.25, -0.2) is 4.52 Å². The number of carbonyl (C=O) groups excluding carboxylic acids is 1. The number of aromatic nitrogens is 3. The second-order valence-electron chi connectivity index (χ2n) is 6.22. The smallest absolute Gasteiger partial charge is 0.259 e. The lowest BCUT2D eigenvalue weighted by Gasteiger charge is -2.06. The summed E-state index contributed by atoms with van der Waals surface area (Å²) >= 11 is 0. The molecule has 7 nitrogen and oxygen atoms in total. The van der Waals surface area contributed by atoms with Gasteiger partial charge in [0.2, 0.25) is 0 Å². The molecular formula is C20H18N4O3. The summed E-state index contributed by atoms with van der Waals surface area (Å²) in [4.78, 5) is 27.6. The summed E-state index contributed by atoms with van der Waals surface area (Å²) in [6, 6.07) is 15.0. The van der Waals surface area contributed by atoms with Crippen LogP contribution in [0.3, 0.4) is 0 Å². The molecule has 0 radical (unpaired) electrons. The molecule has 7 heteroatoms. The van der Waals surface area contributed by atoms with Crippen LogP contribution in [0.15, 0.2) is 59.5 Å². The van der Waals surface area contributed by atoms with Gasteiger partial charge in [0, 0.05) is 13.7 Å². The normalized spacial score (nSPS) is 11.1. The van der Waals surface area contributed by atoms with Gasteiger partial charge >= 0.3 is 0 Å². The van der Waals surface area contributed by atoms with Gasteiger partial charge in [-0.2, -0.15) is 5.10 Å². The Bertz CT molecular complexity index is 1180. The average molecular weight is 362 g/mol. The zero-order valence-electron chi connectivity index (χ0n) is 14.7. The minimum absolute atomic E-state index is 0.249. The molecule has 1 amide bonds. The van der Waals surface area contributed by atoms with Gasteiger partial charge in [0.15, 0.2) is 0 Å². The van der Waals surface area contributed by atoms with E-state index >= 15 is 0 Å². The Morgan fingerprint density at radius 1 is 1.15 bits per heavy atom. The molecule has 2 aromatic heterocycles. The molecule has 0 unspecified atom stereocenters. The van der Waals surface area contributed by atoms with Gasteiger partial charge < -0.3 is 15.0 Å². The van der Waals surface area contributed by atoms with Gasteiger partial charge in [-0.1, -0.05) is 36.4 Å². The summed E-state index contributed by atoms with van der Waals surface area (Å²) in [6.07, 6.45) is 1.47. The maximum absolute atomic E-state index is 12.6. The van der Waals surface area contributed by atoms with Crippen LogP contribution in [0.2, 0.25) is 0 Å². The number of methoxy groups -OCH3 is 1. The summed E-state index contributed by atoms with van der Waals surface area (Å²) in [6.45, 7) is 0.928. The van der Waals surface area contributed by atoms with E-state index in [1.165, 1.54) is 6.20 Å². The Kier molecular flexibility index (Phi) is 4.43. The van der Waals surface area contributed by atoms with Crippen molar-refractivity contribution in [3.05, 3.63) is 81.8 Å². The lowest BCUT2D eigenvalue weighted by Crippen LogP contribution is -2.23. The van der Waals surface area contributed by atoms with Gasteiger partial charge in [-0.05, 0) is 23.3 Å². The number of nitrogens with zero attached hydrogens (tertiary/aromatic N) is 2. The second-order valence-corrected chi connectivity index (χ2v) is 6.22. The highest BCUT2D eigenvalue weighted by atomic mass is 16.5. The third kappa shape index (κ3) is 3.20. The van der Waals surface area contributed by atoms with E-state index in [1.54, 1.807) is 29.8 Å². The number of amides is 1. The third-order valence-corrected chi connectivity index (χ3v) is 4.41. The fourth-order valence-electron chi connectivity index (χ4n) is 3.04. The molecule has 0 spiro atoms. The van der Waals surface area contributed by atoms with Crippen LogP contribution in [0, 0.1) is 0 Å². The van der Waals surface area contributed by atoms with E-state index in [-0.39, 0.29) is 11.5 Å². The SMILES string of the molecule is COCc1ccc(CNC(=O)c2cnn3c2[nH]c(=O)c2ccccc23)cc1. The van der Waals surface area contributed by atoms with Crippen molar-refractivity contribution in [1.82, 2.24) is 19.9 Å². The second kappa shape index (κ2) is 7.05. The van der Waals surface area contributed by atoms with E-state index in [1.807, 2.05) is 30.3 Å². The van der Waals surface area contributed by atoms with Crippen molar-refractivity contribution in [1.29, 1.82) is 0 Å². The van der Waals surface area contributed by atoms with E-state index in [0.29, 0.717) is 35.3 Å². The van der Waals surface area contributed by atoms with Crippen molar-refractivity contribution in [2.75, 3.05) is 7.11 Å². The van der Waals surface area contributed by atoms with Crippen molar-refractivity contribution >= 4 is 22.5 Å². The summed E-state index contributed by atoms with van der Waals surface area (Å²) in [5.41, 5.74) is 3.16. The van der Waals surface area contributed by atoms with Gasteiger partial charge in [-0.15, -0.1) is 0 Å². The monoisotopic (exact) mass is 362 g/mol. The van der Waals surface area contributed by atoms with E-state index in [9.17, 15) is 9.59 Å². The van der Waals surface area contributed by atoms with Crippen molar-refractivity contribution in [2.24, 2.45) is 0 Å². The highest BCUT2D eigenvalue weighted by Crippen LogP contribution is 2.14. The van der Waals surface area contributed by atoms with Crippen LogP contribution in [0.1, 0.15) is 21.5 Å². The molecule has 0 saturated carbocycles. The Morgan fingerprint density at radius 3 is 2.67 bits per heavy atom. The maximum atomic E-state index is 12.6. The minimum Gasteiger partial charge on any atom is -0.380 e. The standard InChI is InChI=1S/C20H18N4O3/c1-27-12-14-8-6-13(7-9-14)10-21-19(25)16-11-22-24-17-5-3-2-4-15(17)20(26)23-18(16)24/h2-9,11H,10,12H2,1H3,(H,21,25)(H,23,26). The Balaban J connectivity index is 1.59. The van der Waals surface area contributed by atoms with Crippen LogP contribution < -0.4 is 10.9 Å². The van der Waals surface area contributed by atoms with Crippen molar-refractivity contribution in [3.63, 3.8) is 0 Å². The summed E-state index contributed by atoms with van der Waals surface area (Å²) in [5, 5.41) is 7.66. The van der Waals surface area contributed by atoms with E-state index in [4.69, 9.17) is 4.74 Å². The molecule has 0 aliphatic rings. The topological polar surface area (TPSA) is 88.5 Å². The summed E-state index contributed by atoms with van der Waals surface area (Å²) in [7, 11) is 1.65. The molecule has 0 saturated heterocycles. The molecule has 4 rings (SSSR count). The van der Waals surface area contributed by atoms with Gasteiger partial charge in [0.25, 0.3) is 11.5 Å². The number of hydrogen-bond acceptors (Lipinski definition) is 4. The van der Waals surface area contributed by atoms with Gasteiger partial charge in [0.05, 0.1) is 23.7 Å². The quantitative estimate of drug-likeness (QED) is 0.570. The number of carbonyl (C=O) groups is 1. The van der Waals surface area contributed by atoms with E-state index < -0.39 is 0 Å². The molecule has 0 atom stereocenters. The molecule has 136 valence electrons. The number of aromatic amines is 1. The van der Waals surface area contributed by atoms with Crippen molar-refractivity contribution in [2.45, 2.75) is 13.2 Å². The molecule has 2 N–H and O–H groups in total. The zero-order chi connectivity index (χ0) is 18.8. The van der Waals surface area contributed by atoms with Crippen molar-refractivity contribution in [3.8, 4) is 0 Å². The Morgan fingerprint density at radius 2 is 1.89 bits per heavy atom. The predicted octanol–water partition coefficient (Wildman–Crippen LogP) is 2.25. The predicted molar refractivity (Wildman–Crippen MR) is 102 cm³/mol. The number of para-hydroxylation sites is 1. The van der Waals surface area contributed by atoms with Crippen LogP contribution in [-0.2, 0) is 17.9 Å². The molecule has 0 aliphatic carbocycles. The van der Waals surface area contributed by atoms with E-state index in [2.05, 4.69) is 15.4 Å². The number of nitrogens with one attached hydrogen (secondary N) is 2. The van der Waals surface area contributed by atoms with Crippen LogP contribution in [0.4, 0.5) is 0 Å². The maximum Gasteiger partial charge on any atom is 0.259 e. The van der Waals surface area contributed by atoms with Gasteiger partial charge in [0.1, 0.15) is 11.2 Å². The first-order chi connectivity index (χ1) is 13.2. The fourth-order valence-corrected chi connectivity index (χ4v) is 3.04. The third-order valence-electron chi connectivity index (χ3n) is 4.41. The number of H-pyrrole nitrogens is 1. The number of fused-ring (bicyclic) bond motifs is 3. The lowest BCUT2D eigenvalue weighted by molar-refractivity contribution is 0.0952. The fraction of sp³-hybridized carbons (Fsp3) is 0.150. The lowest BCUT2D eigenvalue weighted by atomic mass is 10.1. The number of ether oxygens (including phenoxy) is 1. The first-order valence-corrected chi connectivity index (χ1v) is 8.51. The Hall–Kier alpha value is -3.45.